The van der Waals surface area contributed by atoms with Crippen LogP contribution >= 0.6 is 7.92 Å². The lowest BCUT2D eigenvalue weighted by atomic mass is 9.84. The molecule has 2 aliphatic rings. The number of nitrogens with zero attached hydrogens (tertiary/aromatic N) is 1. The number of carbonyl (C=O) groups excluding carboxylic acids is 1. The van der Waals surface area contributed by atoms with Crippen LogP contribution in [0.5, 0.6) is 0 Å². The van der Waals surface area contributed by atoms with E-state index in [1.54, 1.807) is 10.5 Å². The van der Waals surface area contributed by atoms with Gasteiger partial charge in [0.1, 0.15) is 0 Å². The third-order valence-corrected chi connectivity index (χ3v) is 8.38. The van der Waals surface area contributed by atoms with E-state index in [0.29, 0.717) is 17.2 Å². The molecule has 1 unspecified atom stereocenters. The standard InChI is InChI=1S/C17H22NOP/c1-11-12(2)16-14(17(19)18(3)4)10-15(11)20(16)13-8-6-5-7-9-13/h5-9,14-16H,10H2,1-4H3/t14-,15+,16+,20?/m1/s1. The van der Waals surface area contributed by atoms with Crippen molar-refractivity contribution >= 4 is 19.1 Å². The summed E-state index contributed by atoms with van der Waals surface area (Å²) >= 11 is 0. The summed E-state index contributed by atoms with van der Waals surface area (Å²) < 4.78 is 0. The van der Waals surface area contributed by atoms with Crippen LogP contribution in [0.3, 0.4) is 0 Å². The maximum atomic E-state index is 12.5. The van der Waals surface area contributed by atoms with Crippen molar-refractivity contribution in [3.63, 3.8) is 0 Å². The molecule has 0 aromatic heterocycles. The first kappa shape index (κ1) is 13.8. The van der Waals surface area contributed by atoms with E-state index >= 15 is 0 Å². The Morgan fingerprint density at radius 2 is 1.80 bits per heavy atom. The van der Waals surface area contributed by atoms with Crippen molar-refractivity contribution in [3.8, 4) is 0 Å². The molecule has 1 aromatic rings. The van der Waals surface area contributed by atoms with Gasteiger partial charge in [0.15, 0.2) is 0 Å². The predicted octanol–water partition coefficient (Wildman–Crippen LogP) is 2.99. The van der Waals surface area contributed by atoms with Gasteiger partial charge in [-0.25, -0.2) is 0 Å². The second-order valence-corrected chi connectivity index (χ2v) is 8.65. The first-order chi connectivity index (χ1) is 9.52. The van der Waals surface area contributed by atoms with E-state index in [9.17, 15) is 4.79 Å². The van der Waals surface area contributed by atoms with Crippen molar-refractivity contribution in [2.24, 2.45) is 5.92 Å². The Labute approximate surface area is 122 Å². The minimum Gasteiger partial charge on any atom is -0.349 e. The second-order valence-electron chi connectivity index (χ2n) is 6.14. The third-order valence-electron chi connectivity index (χ3n) is 4.87. The molecule has 0 spiro atoms. The van der Waals surface area contributed by atoms with E-state index in [2.05, 4.69) is 44.2 Å². The minimum atomic E-state index is -0.248. The Hall–Kier alpha value is -1.14. The van der Waals surface area contributed by atoms with Gasteiger partial charge in [-0.3, -0.25) is 4.79 Å². The molecule has 2 aliphatic heterocycles. The number of fused-ring (bicyclic) bond motifs is 2. The number of rotatable bonds is 2. The monoisotopic (exact) mass is 287 g/mol. The highest BCUT2D eigenvalue weighted by Gasteiger charge is 2.53. The van der Waals surface area contributed by atoms with E-state index in [0.717, 1.165) is 6.42 Å². The summed E-state index contributed by atoms with van der Waals surface area (Å²) in [4.78, 5) is 14.2. The number of amides is 1. The van der Waals surface area contributed by atoms with E-state index in [-0.39, 0.29) is 13.8 Å². The number of allylic oxidation sites excluding steroid dienone is 2. The van der Waals surface area contributed by atoms with E-state index < -0.39 is 0 Å². The molecule has 1 amide bonds. The number of carbonyl (C=O) groups is 1. The first-order valence-electron chi connectivity index (χ1n) is 7.24. The minimum absolute atomic E-state index is 0.199. The maximum Gasteiger partial charge on any atom is 0.226 e. The van der Waals surface area contributed by atoms with Gasteiger partial charge in [0, 0.05) is 31.3 Å². The molecule has 0 aliphatic carbocycles. The predicted molar refractivity (Wildman–Crippen MR) is 85.7 cm³/mol. The topological polar surface area (TPSA) is 20.3 Å². The molecule has 106 valence electrons. The van der Waals surface area contributed by atoms with Gasteiger partial charge in [0.25, 0.3) is 0 Å². The average Bonchev–Trinajstić information content (AvgIpc) is 2.94. The van der Waals surface area contributed by atoms with Crippen LogP contribution in [0.2, 0.25) is 0 Å². The van der Waals surface area contributed by atoms with Crippen molar-refractivity contribution in [1.29, 1.82) is 0 Å². The lowest BCUT2D eigenvalue weighted by molar-refractivity contribution is -0.132. The van der Waals surface area contributed by atoms with Crippen molar-refractivity contribution < 1.29 is 4.79 Å². The molecular formula is C17H22NOP. The van der Waals surface area contributed by atoms with Crippen LogP contribution in [0.1, 0.15) is 20.3 Å². The Morgan fingerprint density at radius 3 is 2.40 bits per heavy atom. The smallest absolute Gasteiger partial charge is 0.226 e. The largest absolute Gasteiger partial charge is 0.349 e. The van der Waals surface area contributed by atoms with Gasteiger partial charge in [0.05, 0.1) is 0 Å². The summed E-state index contributed by atoms with van der Waals surface area (Å²) in [6.07, 6.45) is 1.05. The SMILES string of the molecule is CC1=C(C)[C@H]2[C@H](C(=O)N(C)C)C[C@@H]1P2c1ccccc1. The quantitative estimate of drug-likeness (QED) is 0.605. The molecule has 1 aromatic carbocycles. The highest BCUT2D eigenvalue weighted by molar-refractivity contribution is 7.68. The Morgan fingerprint density at radius 1 is 1.15 bits per heavy atom. The fourth-order valence-corrected chi connectivity index (χ4v) is 7.69. The third kappa shape index (κ3) is 1.93. The first-order valence-corrected chi connectivity index (χ1v) is 8.72. The zero-order valence-corrected chi connectivity index (χ0v) is 13.5. The molecule has 1 saturated heterocycles. The summed E-state index contributed by atoms with van der Waals surface area (Å²) in [5, 5.41) is 1.46. The summed E-state index contributed by atoms with van der Waals surface area (Å²) in [5.74, 6) is 0.512. The van der Waals surface area contributed by atoms with Crippen LogP contribution < -0.4 is 5.30 Å². The Balaban J connectivity index is 1.98. The molecule has 20 heavy (non-hydrogen) atoms. The van der Waals surface area contributed by atoms with Crippen LogP contribution in [0.25, 0.3) is 0 Å². The van der Waals surface area contributed by atoms with Crippen LogP contribution in [0.4, 0.5) is 0 Å². The van der Waals surface area contributed by atoms with Crippen molar-refractivity contribution in [2.45, 2.75) is 31.6 Å². The molecule has 2 bridgehead atoms. The van der Waals surface area contributed by atoms with Gasteiger partial charge in [-0.15, -0.1) is 0 Å². The van der Waals surface area contributed by atoms with Gasteiger partial charge < -0.3 is 4.90 Å². The van der Waals surface area contributed by atoms with Crippen LogP contribution in [0, 0.1) is 5.92 Å². The molecule has 4 atom stereocenters. The van der Waals surface area contributed by atoms with Crippen LogP contribution in [-0.2, 0) is 4.79 Å². The van der Waals surface area contributed by atoms with Crippen LogP contribution in [-0.4, -0.2) is 36.2 Å². The van der Waals surface area contributed by atoms with Gasteiger partial charge in [-0.05, 0) is 25.6 Å². The molecule has 3 heteroatoms. The number of hydrogen-bond donors (Lipinski definition) is 0. The second kappa shape index (κ2) is 5.00. The summed E-state index contributed by atoms with van der Waals surface area (Å²) in [7, 11) is 3.51. The summed E-state index contributed by atoms with van der Waals surface area (Å²) in [6, 6.07) is 10.8. The zero-order valence-electron chi connectivity index (χ0n) is 12.6. The molecular weight excluding hydrogens is 265 g/mol. The Bertz CT molecular complexity index is 564. The maximum absolute atomic E-state index is 12.5. The highest BCUT2D eigenvalue weighted by Crippen LogP contribution is 2.67. The molecule has 2 nitrogen and oxygen atoms in total. The van der Waals surface area contributed by atoms with E-state index in [1.165, 1.54) is 10.9 Å². The summed E-state index contributed by atoms with van der Waals surface area (Å²) in [5.41, 5.74) is 4.11. The molecule has 0 saturated carbocycles. The lowest BCUT2D eigenvalue weighted by Gasteiger charge is -2.26. The normalized spacial score (nSPS) is 31.8. The fourth-order valence-electron chi connectivity index (χ4n) is 3.77. The number of hydrogen-bond acceptors (Lipinski definition) is 1. The van der Waals surface area contributed by atoms with Crippen molar-refractivity contribution in [1.82, 2.24) is 4.90 Å². The molecule has 1 fully saturated rings. The molecule has 2 heterocycles. The molecule has 0 N–H and O–H groups in total. The zero-order chi connectivity index (χ0) is 14.4. The average molecular weight is 287 g/mol. The van der Waals surface area contributed by atoms with Crippen LogP contribution in [0.15, 0.2) is 41.5 Å². The fraction of sp³-hybridized carbons (Fsp3) is 0.471. The number of benzene rings is 1. The van der Waals surface area contributed by atoms with E-state index in [1.807, 2.05) is 14.1 Å². The van der Waals surface area contributed by atoms with E-state index in [4.69, 9.17) is 0 Å². The van der Waals surface area contributed by atoms with Gasteiger partial charge in [-0.2, -0.15) is 0 Å². The lowest BCUT2D eigenvalue weighted by Crippen LogP contribution is -2.35. The Kier molecular flexibility index (Phi) is 3.46. The molecule has 3 rings (SSSR count). The van der Waals surface area contributed by atoms with Gasteiger partial charge in [0.2, 0.25) is 5.91 Å². The van der Waals surface area contributed by atoms with Gasteiger partial charge in [-0.1, -0.05) is 49.4 Å². The summed E-state index contributed by atoms with van der Waals surface area (Å²) in [6.45, 7) is 4.52. The molecule has 0 radical (unpaired) electrons. The van der Waals surface area contributed by atoms with Gasteiger partial charge >= 0.3 is 0 Å². The highest BCUT2D eigenvalue weighted by atomic mass is 31.1. The van der Waals surface area contributed by atoms with Crippen molar-refractivity contribution in [2.75, 3.05) is 14.1 Å². The van der Waals surface area contributed by atoms with Crippen molar-refractivity contribution in [3.05, 3.63) is 41.5 Å².